The van der Waals surface area contributed by atoms with Crippen LogP contribution in [0.5, 0.6) is 0 Å². The molecule has 218 valence electrons. The number of carbonyl (C=O) groups is 2. The van der Waals surface area contributed by atoms with E-state index in [0.29, 0.717) is 31.8 Å². The number of halogens is 2. The molecule has 0 aliphatic carbocycles. The van der Waals surface area contributed by atoms with E-state index in [1.165, 1.54) is 0 Å². The van der Waals surface area contributed by atoms with E-state index in [1.807, 2.05) is 182 Å². The monoisotopic (exact) mass is 650 g/mol. The summed E-state index contributed by atoms with van der Waals surface area (Å²) in [6, 6.07) is 55.8. The molecule has 0 fully saturated rings. The number of hydrogen-bond acceptors (Lipinski definition) is 2. The zero-order valence-corrected chi connectivity index (χ0v) is 27.1. The van der Waals surface area contributed by atoms with Crippen molar-refractivity contribution in [2.45, 2.75) is 0 Å². The van der Waals surface area contributed by atoms with E-state index in [-0.39, 0.29) is 0 Å². The van der Waals surface area contributed by atoms with Gasteiger partial charge in [-0.2, -0.15) is 0 Å². The van der Waals surface area contributed by atoms with Gasteiger partial charge in [0.05, 0.1) is 0 Å². The molecule has 0 spiro atoms. The van der Waals surface area contributed by atoms with Gasteiger partial charge in [0.15, 0.2) is 0 Å². The Balaban J connectivity index is 1.81. The Morgan fingerprint density at radius 1 is 0.295 bits per heavy atom. The summed E-state index contributed by atoms with van der Waals surface area (Å²) in [5, 5.41) is 3.45. The van der Waals surface area contributed by atoms with Gasteiger partial charge in [-0.25, -0.2) is 0 Å². The Morgan fingerprint density at radius 2 is 0.432 bits per heavy atom. The van der Waals surface area contributed by atoms with Crippen LogP contribution in [-0.4, -0.2) is 11.0 Å². The SMILES string of the molecule is O=C(C(=O)P(Cl)(c1ccccc1)(c1ccccc1)c1ccccc1)P(Cl)(c1ccccc1)(c1ccccc1)c1ccccc1. The second-order valence-corrected chi connectivity index (χ2v) is 22.6. The fraction of sp³-hybridized carbons (Fsp3) is 0. The zero-order chi connectivity index (χ0) is 30.7. The summed E-state index contributed by atoms with van der Waals surface area (Å²) >= 11 is 16.5. The summed E-state index contributed by atoms with van der Waals surface area (Å²) in [6.45, 7) is 0. The van der Waals surface area contributed by atoms with E-state index in [2.05, 4.69) is 0 Å². The maximum absolute atomic E-state index is 16.0. The van der Waals surface area contributed by atoms with E-state index in [1.54, 1.807) is 0 Å². The first kappa shape index (κ1) is 30.1. The van der Waals surface area contributed by atoms with Crippen molar-refractivity contribution in [3.8, 4) is 0 Å². The van der Waals surface area contributed by atoms with E-state index >= 15 is 9.59 Å². The van der Waals surface area contributed by atoms with Gasteiger partial charge >= 0.3 is 269 Å². The molecule has 0 saturated heterocycles. The average Bonchev–Trinajstić information content (AvgIpc) is 3.12. The standard InChI is InChI=1S/C38H30Cl2O2P2/c39-43(31-19-7-1-8-20-31,32-21-9-2-10-22-32,33-23-11-3-12-24-33)37(41)38(42)44(40,34-25-13-4-14-26-34,35-27-15-5-16-28-35)36-29-17-6-18-30-36/h1-30H. The molecule has 0 aliphatic heterocycles. The Labute approximate surface area is 267 Å². The molecule has 0 amide bonds. The van der Waals surface area contributed by atoms with Gasteiger partial charge in [-0.3, -0.25) is 0 Å². The first-order chi connectivity index (χ1) is 21.3. The third kappa shape index (κ3) is 4.17. The molecule has 6 heteroatoms. The van der Waals surface area contributed by atoms with Crippen molar-refractivity contribution >= 4 is 77.3 Å². The Kier molecular flexibility index (Phi) is 7.91. The molecule has 0 saturated carbocycles. The number of benzene rings is 6. The Hall–Kier alpha value is -3.90. The van der Waals surface area contributed by atoms with Crippen LogP contribution in [-0.2, 0) is 9.59 Å². The third-order valence-electron chi connectivity index (χ3n) is 8.39. The minimum absolute atomic E-state index is 0.576. The molecule has 0 N–H and O–H groups in total. The van der Waals surface area contributed by atoms with Crippen LogP contribution in [0.15, 0.2) is 182 Å². The van der Waals surface area contributed by atoms with Crippen molar-refractivity contribution in [3.05, 3.63) is 182 Å². The van der Waals surface area contributed by atoms with E-state index in [0.717, 1.165) is 0 Å². The summed E-state index contributed by atoms with van der Waals surface area (Å²) in [6.07, 6.45) is 0. The van der Waals surface area contributed by atoms with E-state index in [4.69, 9.17) is 22.5 Å². The van der Waals surface area contributed by atoms with E-state index < -0.39 is 23.0 Å². The third-order valence-corrected chi connectivity index (χ3v) is 22.5. The van der Waals surface area contributed by atoms with Crippen LogP contribution in [0.1, 0.15) is 0 Å². The van der Waals surface area contributed by atoms with Gasteiger partial charge in [-0.05, 0) is 0 Å². The molecule has 0 heterocycles. The summed E-state index contributed by atoms with van der Waals surface area (Å²) in [4.78, 5) is 32.0. The zero-order valence-electron chi connectivity index (χ0n) is 23.8. The molecule has 6 aromatic carbocycles. The van der Waals surface area contributed by atoms with Crippen LogP contribution in [0, 0.1) is 0 Å². The van der Waals surface area contributed by atoms with Gasteiger partial charge in [-0.1, -0.05) is 0 Å². The van der Waals surface area contributed by atoms with Gasteiger partial charge < -0.3 is 0 Å². The molecule has 0 unspecified atom stereocenters. The predicted molar refractivity (Wildman–Crippen MR) is 192 cm³/mol. The van der Waals surface area contributed by atoms with Crippen LogP contribution in [0.3, 0.4) is 0 Å². The molecular weight excluding hydrogens is 621 g/mol. The molecule has 0 aromatic heterocycles. The first-order valence-corrected chi connectivity index (χ1v) is 20.5. The van der Waals surface area contributed by atoms with Gasteiger partial charge in [-0.15, -0.1) is 0 Å². The quantitative estimate of drug-likeness (QED) is 0.121. The topological polar surface area (TPSA) is 34.1 Å². The van der Waals surface area contributed by atoms with Crippen molar-refractivity contribution < 1.29 is 9.59 Å². The van der Waals surface area contributed by atoms with E-state index in [9.17, 15) is 0 Å². The fourth-order valence-electron chi connectivity index (χ4n) is 6.20. The molecule has 44 heavy (non-hydrogen) atoms. The maximum atomic E-state index is 16.0. The summed E-state index contributed by atoms with van der Waals surface area (Å²) in [5.41, 5.74) is -1.41. The Morgan fingerprint density at radius 3 is 0.568 bits per heavy atom. The van der Waals surface area contributed by atoms with Crippen LogP contribution >= 0.6 is 34.4 Å². The fourth-order valence-corrected chi connectivity index (χ4v) is 18.6. The second-order valence-electron chi connectivity index (χ2n) is 10.6. The van der Waals surface area contributed by atoms with Gasteiger partial charge in [0, 0.05) is 0 Å². The Bertz CT molecular complexity index is 1580. The number of hydrogen-bond donors (Lipinski definition) is 0. The van der Waals surface area contributed by atoms with Crippen molar-refractivity contribution in [2.24, 2.45) is 0 Å². The van der Waals surface area contributed by atoms with Gasteiger partial charge in [0.1, 0.15) is 0 Å². The van der Waals surface area contributed by atoms with Crippen molar-refractivity contribution in [2.75, 3.05) is 0 Å². The molecule has 6 aromatic rings. The summed E-state index contributed by atoms with van der Waals surface area (Å²) in [5.74, 6) is -9.51. The molecule has 0 bridgehead atoms. The first-order valence-electron chi connectivity index (χ1n) is 14.2. The molecule has 0 atom stereocenters. The van der Waals surface area contributed by atoms with Crippen LogP contribution < -0.4 is 31.8 Å². The van der Waals surface area contributed by atoms with Crippen LogP contribution in [0.25, 0.3) is 0 Å². The summed E-state index contributed by atoms with van der Waals surface area (Å²) < 4.78 is 0. The average molecular weight is 652 g/mol. The number of rotatable bonds is 9. The number of carbonyl (C=O) groups excluding carboxylic acids is 2. The molecule has 0 aliphatic rings. The van der Waals surface area contributed by atoms with Crippen molar-refractivity contribution in [1.29, 1.82) is 0 Å². The molecular formula is C38H30Cl2O2P2. The predicted octanol–water partition coefficient (Wildman–Crippen LogP) is 7.41. The summed E-state index contributed by atoms with van der Waals surface area (Å²) in [7, 11) is 0. The van der Waals surface area contributed by atoms with Gasteiger partial charge in [0.25, 0.3) is 0 Å². The minimum atomic E-state index is -4.75. The van der Waals surface area contributed by atoms with Crippen LogP contribution in [0.2, 0.25) is 0 Å². The molecule has 0 radical (unpaired) electrons. The normalized spacial score (nSPS) is 13.5. The molecule has 6 rings (SSSR count). The van der Waals surface area contributed by atoms with Crippen molar-refractivity contribution in [3.63, 3.8) is 0 Å². The second kappa shape index (κ2) is 11.6. The van der Waals surface area contributed by atoms with Crippen molar-refractivity contribution in [1.82, 2.24) is 0 Å². The van der Waals surface area contributed by atoms with Crippen LogP contribution in [0.4, 0.5) is 0 Å². The van der Waals surface area contributed by atoms with Gasteiger partial charge in [0.2, 0.25) is 0 Å². The molecule has 2 nitrogen and oxygen atoms in total.